The van der Waals surface area contributed by atoms with Crippen LogP contribution >= 0.6 is 11.6 Å². The third-order valence-corrected chi connectivity index (χ3v) is 5.57. The highest BCUT2D eigenvalue weighted by Crippen LogP contribution is 2.30. The molecule has 0 aromatic heterocycles. The number of nitrogens with one attached hydrogen (secondary N) is 1. The van der Waals surface area contributed by atoms with Crippen LogP contribution in [-0.2, 0) is 14.8 Å². The van der Waals surface area contributed by atoms with Crippen LogP contribution in [-0.4, -0.2) is 33.7 Å². The van der Waals surface area contributed by atoms with Gasteiger partial charge in [-0.2, -0.15) is 0 Å². The first-order valence-electron chi connectivity index (χ1n) is 8.25. The number of carbonyl (C=O) groups excluding carboxylic acids is 1. The standard InChI is InChI=1S/C19H23ClN2O4S/c1-12-6-7-13(2)17(10-12)22(27(5,24)25)14(3)19(23)21-16-11-15(20)8-9-18(16)26-4/h6-11,14H,1-5H3,(H,21,23)/t14-/m1/s1. The highest BCUT2D eigenvalue weighted by Gasteiger charge is 2.30. The van der Waals surface area contributed by atoms with E-state index in [0.29, 0.717) is 22.1 Å². The first-order chi connectivity index (χ1) is 12.5. The van der Waals surface area contributed by atoms with E-state index >= 15 is 0 Å². The van der Waals surface area contributed by atoms with Crippen molar-refractivity contribution in [1.29, 1.82) is 0 Å². The average Bonchev–Trinajstić information content (AvgIpc) is 2.57. The van der Waals surface area contributed by atoms with Gasteiger partial charge in [0.15, 0.2) is 0 Å². The van der Waals surface area contributed by atoms with Crippen LogP contribution in [0.5, 0.6) is 5.75 Å². The van der Waals surface area contributed by atoms with Crippen LogP contribution in [0.4, 0.5) is 11.4 Å². The summed E-state index contributed by atoms with van der Waals surface area (Å²) in [6.45, 7) is 5.21. The van der Waals surface area contributed by atoms with Gasteiger partial charge in [0.2, 0.25) is 15.9 Å². The van der Waals surface area contributed by atoms with Gasteiger partial charge >= 0.3 is 0 Å². The molecule has 6 nitrogen and oxygen atoms in total. The van der Waals surface area contributed by atoms with Crippen molar-refractivity contribution in [3.05, 3.63) is 52.5 Å². The zero-order valence-corrected chi connectivity index (χ0v) is 17.5. The average molecular weight is 411 g/mol. The number of aryl methyl sites for hydroxylation is 2. The Balaban J connectivity index is 2.42. The van der Waals surface area contributed by atoms with Gasteiger partial charge in [0, 0.05) is 5.02 Å². The molecule has 0 saturated heterocycles. The first kappa shape index (κ1) is 21.1. The number of nitrogens with zero attached hydrogens (tertiary/aromatic N) is 1. The molecule has 0 aliphatic heterocycles. The summed E-state index contributed by atoms with van der Waals surface area (Å²) in [7, 11) is -2.23. The number of carbonyl (C=O) groups is 1. The summed E-state index contributed by atoms with van der Waals surface area (Å²) in [6.07, 6.45) is 1.08. The molecular formula is C19H23ClN2O4S. The molecule has 0 bridgehead atoms. The predicted molar refractivity (Wildman–Crippen MR) is 109 cm³/mol. The van der Waals surface area contributed by atoms with Crippen molar-refractivity contribution in [2.45, 2.75) is 26.8 Å². The van der Waals surface area contributed by atoms with Crippen LogP contribution in [0.15, 0.2) is 36.4 Å². The fraction of sp³-hybridized carbons (Fsp3) is 0.316. The van der Waals surface area contributed by atoms with Crippen LogP contribution in [0.25, 0.3) is 0 Å². The zero-order valence-electron chi connectivity index (χ0n) is 15.9. The highest BCUT2D eigenvalue weighted by molar-refractivity contribution is 7.92. The lowest BCUT2D eigenvalue weighted by atomic mass is 10.1. The van der Waals surface area contributed by atoms with E-state index in [1.807, 2.05) is 19.1 Å². The van der Waals surface area contributed by atoms with E-state index in [1.165, 1.54) is 14.0 Å². The van der Waals surface area contributed by atoms with Gasteiger partial charge in [-0.05, 0) is 56.2 Å². The van der Waals surface area contributed by atoms with Crippen molar-refractivity contribution in [3.63, 3.8) is 0 Å². The number of hydrogen-bond donors (Lipinski definition) is 1. The van der Waals surface area contributed by atoms with Crippen LogP contribution in [0, 0.1) is 13.8 Å². The molecule has 1 amide bonds. The number of halogens is 1. The van der Waals surface area contributed by atoms with Crippen LogP contribution in [0.1, 0.15) is 18.1 Å². The number of methoxy groups -OCH3 is 1. The summed E-state index contributed by atoms with van der Waals surface area (Å²) in [4.78, 5) is 12.8. The molecule has 0 heterocycles. The normalized spacial score (nSPS) is 12.4. The molecule has 146 valence electrons. The molecule has 2 rings (SSSR count). The first-order valence-corrected chi connectivity index (χ1v) is 10.5. The van der Waals surface area contributed by atoms with Gasteiger partial charge in [-0.3, -0.25) is 9.10 Å². The largest absolute Gasteiger partial charge is 0.495 e. The second-order valence-electron chi connectivity index (χ2n) is 6.36. The highest BCUT2D eigenvalue weighted by atomic mass is 35.5. The minimum atomic E-state index is -3.70. The van der Waals surface area contributed by atoms with Gasteiger partial charge in [-0.1, -0.05) is 23.7 Å². The Bertz CT molecular complexity index is 960. The molecule has 1 atom stereocenters. The van der Waals surface area contributed by atoms with Crippen molar-refractivity contribution in [2.24, 2.45) is 0 Å². The Kier molecular flexibility index (Phi) is 6.38. The summed E-state index contributed by atoms with van der Waals surface area (Å²) in [5.41, 5.74) is 2.49. The lowest BCUT2D eigenvalue weighted by molar-refractivity contribution is -0.116. The second kappa shape index (κ2) is 8.19. The van der Waals surface area contributed by atoms with Gasteiger partial charge in [-0.25, -0.2) is 8.42 Å². The van der Waals surface area contributed by atoms with E-state index in [0.717, 1.165) is 21.7 Å². The van der Waals surface area contributed by atoms with Crippen molar-refractivity contribution < 1.29 is 17.9 Å². The van der Waals surface area contributed by atoms with E-state index < -0.39 is 22.0 Å². The molecule has 0 aliphatic rings. The van der Waals surface area contributed by atoms with E-state index in [1.54, 1.807) is 31.2 Å². The molecular weight excluding hydrogens is 388 g/mol. The molecule has 1 N–H and O–H groups in total. The molecule has 2 aromatic carbocycles. The van der Waals surface area contributed by atoms with Crippen molar-refractivity contribution in [2.75, 3.05) is 23.0 Å². The molecule has 0 spiro atoms. The minimum Gasteiger partial charge on any atom is -0.495 e. The lowest BCUT2D eigenvalue weighted by Crippen LogP contribution is -2.45. The molecule has 0 radical (unpaired) electrons. The number of sulfonamides is 1. The maximum Gasteiger partial charge on any atom is 0.248 e. The second-order valence-corrected chi connectivity index (χ2v) is 8.65. The Morgan fingerprint density at radius 2 is 1.85 bits per heavy atom. The van der Waals surface area contributed by atoms with E-state index in [4.69, 9.17) is 16.3 Å². The molecule has 0 aliphatic carbocycles. The van der Waals surface area contributed by atoms with E-state index in [-0.39, 0.29) is 0 Å². The third-order valence-electron chi connectivity index (χ3n) is 4.11. The molecule has 0 fully saturated rings. The van der Waals surface area contributed by atoms with Gasteiger partial charge in [0.1, 0.15) is 11.8 Å². The predicted octanol–water partition coefficient (Wildman–Crippen LogP) is 3.76. The third kappa shape index (κ3) is 4.93. The van der Waals surface area contributed by atoms with Crippen LogP contribution < -0.4 is 14.4 Å². The minimum absolute atomic E-state index is 0.372. The van der Waals surface area contributed by atoms with Gasteiger partial charge in [0.25, 0.3) is 0 Å². The Morgan fingerprint density at radius 3 is 2.44 bits per heavy atom. The van der Waals surface area contributed by atoms with Gasteiger partial charge in [-0.15, -0.1) is 0 Å². The van der Waals surface area contributed by atoms with Crippen molar-refractivity contribution in [3.8, 4) is 5.75 Å². The van der Waals surface area contributed by atoms with E-state index in [9.17, 15) is 13.2 Å². The molecule has 0 unspecified atom stereocenters. The van der Waals surface area contributed by atoms with Crippen LogP contribution in [0.2, 0.25) is 5.02 Å². The number of hydrogen-bond acceptors (Lipinski definition) is 4. The summed E-state index contributed by atoms with van der Waals surface area (Å²) in [5, 5.41) is 3.13. The maximum absolute atomic E-state index is 12.8. The summed E-state index contributed by atoms with van der Waals surface area (Å²) >= 11 is 5.99. The summed E-state index contributed by atoms with van der Waals surface area (Å²) in [5.74, 6) is -0.0699. The van der Waals surface area contributed by atoms with Crippen LogP contribution in [0.3, 0.4) is 0 Å². The smallest absolute Gasteiger partial charge is 0.248 e. The zero-order chi connectivity index (χ0) is 20.4. The number of anilines is 2. The summed E-state index contributed by atoms with van der Waals surface area (Å²) < 4.78 is 31.3. The van der Waals surface area contributed by atoms with Gasteiger partial charge < -0.3 is 10.1 Å². The fourth-order valence-electron chi connectivity index (χ4n) is 2.75. The number of ether oxygens (including phenoxy) is 1. The quantitative estimate of drug-likeness (QED) is 0.786. The molecule has 27 heavy (non-hydrogen) atoms. The van der Waals surface area contributed by atoms with E-state index in [2.05, 4.69) is 5.32 Å². The van der Waals surface area contributed by atoms with Crippen molar-refractivity contribution in [1.82, 2.24) is 0 Å². The number of amides is 1. The van der Waals surface area contributed by atoms with Gasteiger partial charge in [0.05, 0.1) is 24.7 Å². The Hall–Kier alpha value is -2.25. The van der Waals surface area contributed by atoms with Crippen molar-refractivity contribution >= 4 is 38.9 Å². The summed E-state index contributed by atoms with van der Waals surface area (Å²) in [6, 6.07) is 9.30. The number of rotatable bonds is 6. The fourth-order valence-corrected chi connectivity index (χ4v) is 4.15. The SMILES string of the molecule is COc1ccc(Cl)cc1NC(=O)[C@@H](C)N(c1cc(C)ccc1C)S(C)(=O)=O. The Morgan fingerprint density at radius 1 is 1.19 bits per heavy atom. The molecule has 8 heteroatoms. The topological polar surface area (TPSA) is 75.7 Å². The molecule has 0 saturated carbocycles. The number of benzene rings is 2. The maximum atomic E-state index is 12.8. The lowest BCUT2D eigenvalue weighted by Gasteiger charge is -2.30. The monoisotopic (exact) mass is 410 g/mol. The Labute approximate surface area is 165 Å². The molecule has 2 aromatic rings.